The minimum Gasteiger partial charge on any atom is -0.369 e. The lowest BCUT2D eigenvalue weighted by molar-refractivity contribution is 0.553. The molecule has 21 heavy (non-hydrogen) atoms. The van der Waals surface area contributed by atoms with E-state index in [1.54, 1.807) is 6.20 Å². The van der Waals surface area contributed by atoms with Crippen molar-refractivity contribution < 1.29 is 0 Å². The highest BCUT2D eigenvalue weighted by Gasteiger charge is 2.17. The van der Waals surface area contributed by atoms with Gasteiger partial charge >= 0.3 is 0 Å². The molecule has 0 bridgehead atoms. The van der Waals surface area contributed by atoms with Gasteiger partial charge in [0.05, 0.1) is 16.8 Å². The second kappa shape index (κ2) is 6.58. The Morgan fingerprint density at radius 3 is 2.29 bits per heavy atom. The van der Waals surface area contributed by atoms with Gasteiger partial charge in [-0.25, -0.2) is 0 Å². The molecule has 1 aromatic carbocycles. The maximum atomic E-state index is 9.48. The Labute approximate surface area is 127 Å². The van der Waals surface area contributed by atoms with Gasteiger partial charge in [0.2, 0.25) is 0 Å². The number of anilines is 1. The van der Waals surface area contributed by atoms with Gasteiger partial charge in [-0.2, -0.15) is 5.26 Å². The number of hydrogen-bond acceptors (Lipinski definition) is 3. The average molecular weight is 281 g/mol. The predicted molar refractivity (Wildman–Crippen MR) is 88.3 cm³/mol. The number of hydrogen-bond donors (Lipinski definition) is 0. The maximum absolute atomic E-state index is 9.48. The first-order valence-electron chi connectivity index (χ1n) is 7.55. The Kier molecular flexibility index (Phi) is 4.80. The Hall–Kier alpha value is -2.08. The van der Waals surface area contributed by atoms with Gasteiger partial charge in [-0.3, -0.25) is 4.98 Å². The van der Waals surface area contributed by atoms with E-state index in [9.17, 15) is 5.26 Å². The molecule has 1 heterocycles. The summed E-state index contributed by atoms with van der Waals surface area (Å²) in [6.45, 7) is 10.7. The zero-order valence-electron chi connectivity index (χ0n) is 13.3. The number of rotatable bonds is 5. The van der Waals surface area contributed by atoms with Crippen molar-refractivity contribution in [3.63, 3.8) is 0 Å². The zero-order valence-corrected chi connectivity index (χ0v) is 13.3. The van der Waals surface area contributed by atoms with Crippen LogP contribution in [0.3, 0.4) is 0 Å². The third-order valence-corrected chi connectivity index (χ3v) is 3.35. The summed E-state index contributed by atoms with van der Waals surface area (Å²) in [5, 5.41) is 10.5. The van der Waals surface area contributed by atoms with E-state index in [2.05, 4.69) is 49.7 Å². The first kappa shape index (κ1) is 15.3. The molecule has 0 aliphatic carbocycles. The van der Waals surface area contributed by atoms with Crippen LogP contribution >= 0.6 is 0 Å². The number of aromatic nitrogens is 1. The molecular formula is C18H23N3. The van der Waals surface area contributed by atoms with E-state index in [1.165, 1.54) is 0 Å². The van der Waals surface area contributed by atoms with E-state index in [1.807, 2.05) is 18.2 Å². The maximum Gasteiger partial charge on any atom is 0.103 e. The first-order chi connectivity index (χ1) is 10.0. The highest BCUT2D eigenvalue weighted by Crippen LogP contribution is 2.30. The van der Waals surface area contributed by atoms with Crippen molar-refractivity contribution in [2.45, 2.75) is 27.7 Å². The highest BCUT2D eigenvalue weighted by atomic mass is 15.1. The number of pyridine rings is 1. The summed E-state index contributed by atoms with van der Waals surface area (Å²) < 4.78 is 0. The molecule has 1 aromatic heterocycles. The van der Waals surface area contributed by atoms with Crippen molar-refractivity contribution in [2.75, 3.05) is 18.0 Å². The molecule has 0 unspecified atom stereocenters. The van der Waals surface area contributed by atoms with Crippen LogP contribution in [0.2, 0.25) is 0 Å². The minimum absolute atomic E-state index is 0.544. The van der Waals surface area contributed by atoms with Crippen LogP contribution in [0.4, 0.5) is 5.69 Å². The SMILES string of the molecule is CC(C)CN(CC(C)C)c1c(C#N)cnc2ccccc12. The molecule has 2 rings (SSSR count). The molecule has 0 saturated heterocycles. The quantitative estimate of drug-likeness (QED) is 0.823. The molecule has 0 atom stereocenters. The Morgan fingerprint density at radius 1 is 1.10 bits per heavy atom. The summed E-state index contributed by atoms with van der Waals surface area (Å²) in [7, 11) is 0. The van der Waals surface area contributed by atoms with E-state index >= 15 is 0 Å². The Balaban J connectivity index is 2.61. The monoisotopic (exact) mass is 281 g/mol. The summed E-state index contributed by atoms with van der Waals surface area (Å²) >= 11 is 0. The van der Waals surface area contributed by atoms with E-state index in [0.717, 1.165) is 29.7 Å². The summed E-state index contributed by atoms with van der Waals surface area (Å²) in [5.74, 6) is 1.09. The second-order valence-corrected chi connectivity index (χ2v) is 6.34. The lowest BCUT2D eigenvalue weighted by Gasteiger charge is -2.30. The standard InChI is InChI=1S/C18H23N3/c1-13(2)11-21(12-14(3)4)18-15(9-19)10-20-17-8-6-5-7-16(17)18/h5-8,10,13-14H,11-12H2,1-4H3. The lowest BCUT2D eigenvalue weighted by Crippen LogP contribution is -2.32. The van der Waals surface area contributed by atoms with Crippen LogP contribution in [0.15, 0.2) is 30.5 Å². The van der Waals surface area contributed by atoms with E-state index < -0.39 is 0 Å². The summed E-state index contributed by atoms with van der Waals surface area (Å²) in [5.41, 5.74) is 2.64. The molecule has 3 nitrogen and oxygen atoms in total. The number of nitrogens with zero attached hydrogens (tertiary/aromatic N) is 3. The fourth-order valence-corrected chi connectivity index (χ4v) is 2.69. The topological polar surface area (TPSA) is 39.9 Å². The van der Waals surface area contributed by atoms with Crippen molar-refractivity contribution in [1.29, 1.82) is 5.26 Å². The van der Waals surface area contributed by atoms with Crippen LogP contribution in [0.25, 0.3) is 10.9 Å². The van der Waals surface area contributed by atoms with E-state index in [0.29, 0.717) is 17.4 Å². The summed E-state index contributed by atoms with van der Waals surface area (Å²) in [4.78, 5) is 6.75. The number of nitriles is 1. The largest absolute Gasteiger partial charge is 0.369 e. The van der Waals surface area contributed by atoms with Crippen molar-refractivity contribution in [2.24, 2.45) is 11.8 Å². The molecule has 0 aliphatic rings. The molecule has 0 saturated carbocycles. The van der Waals surface area contributed by atoms with Crippen LogP contribution in [0.5, 0.6) is 0 Å². The van der Waals surface area contributed by atoms with E-state index in [4.69, 9.17) is 0 Å². The van der Waals surface area contributed by atoms with Gasteiger partial charge in [-0.05, 0) is 17.9 Å². The number of benzene rings is 1. The van der Waals surface area contributed by atoms with Gasteiger partial charge < -0.3 is 4.90 Å². The van der Waals surface area contributed by atoms with Gasteiger partial charge in [-0.1, -0.05) is 45.9 Å². The predicted octanol–water partition coefficient (Wildman–Crippen LogP) is 4.22. The minimum atomic E-state index is 0.544. The normalized spacial score (nSPS) is 11.1. The first-order valence-corrected chi connectivity index (χ1v) is 7.55. The molecule has 0 fully saturated rings. The van der Waals surface area contributed by atoms with Crippen molar-refractivity contribution in [3.05, 3.63) is 36.0 Å². The fourth-order valence-electron chi connectivity index (χ4n) is 2.69. The molecule has 2 aromatic rings. The Morgan fingerprint density at radius 2 is 1.71 bits per heavy atom. The van der Waals surface area contributed by atoms with E-state index in [-0.39, 0.29) is 0 Å². The van der Waals surface area contributed by atoms with Gasteiger partial charge in [0.15, 0.2) is 0 Å². The van der Waals surface area contributed by atoms with Crippen LogP contribution in [0.1, 0.15) is 33.3 Å². The van der Waals surface area contributed by atoms with Crippen LogP contribution < -0.4 is 4.90 Å². The molecule has 0 amide bonds. The lowest BCUT2D eigenvalue weighted by atomic mass is 10.1. The molecule has 3 heteroatoms. The summed E-state index contributed by atoms with van der Waals surface area (Å²) in [6.07, 6.45) is 1.70. The number of para-hydroxylation sites is 1. The molecule has 0 spiro atoms. The smallest absolute Gasteiger partial charge is 0.103 e. The van der Waals surface area contributed by atoms with Gasteiger partial charge in [0.1, 0.15) is 6.07 Å². The third kappa shape index (κ3) is 3.52. The second-order valence-electron chi connectivity index (χ2n) is 6.34. The third-order valence-electron chi connectivity index (χ3n) is 3.35. The van der Waals surface area contributed by atoms with Gasteiger partial charge in [0, 0.05) is 24.7 Å². The summed E-state index contributed by atoms with van der Waals surface area (Å²) in [6, 6.07) is 10.4. The fraction of sp³-hybridized carbons (Fsp3) is 0.444. The van der Waals surface area contributed by atoms with Crippen LogP contribution in [-0.2, 0) is 0 Å². The zero-order chi connectivity index (χ0) is 15.4. The van der Waals surface area contributed by atoms with Crippen molar-refractivity contribution in [3.8, 4) is 6.07 Å². The Bertz CT molecular complexity index is 643. The molecule has 0 N–H and O–H groups in total. The van der Waals surface area contributed by atoms with Crippen molar-refractivity contribution in [1.82, 2.24) is 4.98 Å². The average Bonchev–Trinajstić information content (AvgIpc) is 2.44. The highest BCUT2D eigenvalue weighted by molar-refractivity contribution is 5.94. The molecule has 110 valence electrons. The molecule has 0 radical (unpaired) electrons. The van der Waals surface area contributed by atoms with Gasteiger partial charge in [0.25, 0.3) is 0 Å². The van der Waals surface area contributed by atoms with Gasteiger partial charge in [-0.15, -0.1) is 0 Å². The van der Waals surface area contributed by atoms with Crippen LogP contribution in [0, 0.1) is 23.2 Å². The van der Waals surface area contributed by atoms with Crippen LogP contribution in [-0.4, -0.2) is 18.1 Å². The number of fused-ring (bicyclic) bond motifs is 1. The van der Waals surface area contributed by atoms with Crippen molar-refractivity contribution >= 4 is 16.6 Å². The molecule has 0 aliphatic heterocycles. The molecular weight excluding hydrogens is 258 g/mol.